The number of fused-ring (bicyclic) bond motifs is 1. The van der Waals surface area contributed by atoms with Gasteiger partial charge in [-0.3, -0.25) is 9.58 Å². The number of aliphatic hydroxyl groups is 1. The quantitative estimate of drug-likeness (QED) is 0.573. The number of aromatic nitrogens is 4. The minimum atomic E-state index is -0.908. The van der Waals surface area contributed by atoms with Crippen LogP contribution in [0, 0.1) is 13.8 Å². The van der Waals surface area contributed by atoms with Gasteiger partial charge in [0, 0.05) is 24.0 Å². The second kappa shape index (κ2) is 8.87. The lowest BCUT2D eigenvalue weighted by molar-refractivity contribution is -0.0807. The van der Waals surface area contributed by atoms with Crippen molar-refractivity contribution < 1.29 is 14.2 Å². The number of halogens is 1. The SMILES string of the molecule is Cc1cc2cnc(Nc3cnn(CC(C)(C)O)c3C)nc2cc1[C@@H]1CCN(C2COC2)CC1F. The van der Waals surface area contributed by atoms with Crippen molar-refractivity contribution in [3.05, 3.63) is 41.3 Å². The van der Waals surface area contributed by atoms with Crippen LogP contribution in [0.4, 0.5) is 16.0 Å². The number of alkyl halides is 1. The van der Waals surface area contributed by atoms with Crippen molar-refractivity contribution >= 4 is 22.5 Å². The van der Waals surface area contributed by atoms with Crippen LogP contribution in [-0.2, 0) is 11.3 Å². The highest BCUT2D eigenvalue weighted by Crippen LogP contribution is 2.35. The maximum atomic E-state index is 15.3. The molecule has 1 aromatic carbocycles. The molecule has 2 fully saturated rings. The van der Waals surface area contributed by atoms with E-state index in [2.05, 4.69) is 26.4 Å². The number of nitrogens with zero attached hydrogens (tertiary/aromatic N) is 5. The monoisotopic (exact) mass is 468 g/mol. The second-order valence-corrected chi connectivity index (χ2v) is 10.3. The van der Waals surface area contributed by atoms with Crippen molar-refractivity contribution in [2.45, 2.75) is 64.4 Å². The molecule has 34 heavy (non-hydrogen) atoms. The van der Waals surface area contributed by atoms with E-state index >= 15 is 4.39 Å². The average molecular weight is 469 g/mol. The van der Waals surface area contributed by atoms with Crippen molar-refractivity contribution in [1.82, 2.24) is 24.6 Å². The molecular weight excluding hydrogens is 435 g/mol. The van der Waals surface area contributed by atoms with E-state index in [1.165, 1.54) is 0 Å². The summed E-state index contributed by atoms with van der Waals surface area (Å²) in [6, 6.07) is 4.45. The molecule has 2 aliphatic rings. The average Bonchev–Trinajstić information content (AvgIpc) is 3.05. The van der Waals surface area contributed by atoms with Gasteiger partial charge in [0.1, 0.15) is 6.17 Å². The van der Waals surface area contributed by atoms with Gasteiger partial charge in [0.25, 0.3) is 0 Å². The Labute approximate surface area is 199 Å². The first-order chi connectivity index (χ1) is 16.2. The first kappa shape index (κ1) is 23.1. The molecule has 0 radical (unpaired) electrons. The summed E-state index contributed by atoms with van der Waals surface area (Å²) in [6.45, 7) is 10.7. The number of ether oxygens (including phenoxy) is 1. The molecule has 2 aliphatic heterocycles. The number of benzene rings is 1. The van der Waals surface area contributed by atoms with E-state index < -0.39 is 11.8 Å². The van der Waals surface area contributed by atoms with Crippen LogP contribution in [-0.4, -0.2) is 73.9 Å². The van der Waals surface area contributed by atoms with Crippen molar-refractivity contribution in [2.24, 2.45) is 0 Å². The number of aryl methyl sites for hydroxylation is 1. The van der Waals surface area contributed by atoms with Gasteiger partial charge in [-0.1, -0.05) is 0 Å². The molecule has 0 bridgehead atoms. The fourth-order valence-corrected chi connectivity index (χ4v) is 4.93. The molecular formula is C25H33FN6O2. The number of anilines is 2. The van der Waals surface area contributed by atoms with Crippen molar-refractivity contribution in [2.75, 3.05) is 31.6 Å². The Balaban J connectivity index is 1.37. The number of rotatable bonds is 6. The molecule has 0 amide bonds. The van der Waals surface area contributed by atoms with E-state index in [1.54, 1.807) is 30.9 Å². The van der Waals surface area contributed by atoms with Crippen LogP contribution in [0.2, 0.25) is 0 Å². The van der Waals surface area contributed by atoms with E-state index in [9.17, 15) is 5.11 Å². The van der Waals surface area contributed by atoms with Gasteiger partial charge in [-0.05, 0) is 63.9 Å². The molecule has 0 aliphatic carbocycles. The molecule has 5 rings (SSSR count). The first-order valence-corrected chi connectivity index (χ1v) is 11.9. The summed E-state index contributed by atoms with van der Waals surface area (Å²) in [6.07, 6.45) is 3.39. The Morgan fingerprint density at radius 1 is 1.24 bits per heavy atom. The zero-order chi connectivity index (χ0) is 24.0. The normalized spacial score (nSPS) is 22.2. The van der Waals surface area contributed by atoms with Gasteiger partial charge in [-0.15, -0.1) is 0 Å². The minimum absolute atomic E-state index is 0.129. The predicted molar refractivity (Wildman–Crippen MR) is 129 cm³/mol. The largest absolute Gasteiger partial charge is 0.389 e. The van der Waals surface area contributed by atoms with Crippen LogP contribution in [0.5, 0.6) is 0 Å². The summed E-state index contributed by atoms with van der Waals surface area (Å²) in [7, 11) is 0. The van der Waals surface area contributed by atoms with Gasteiger partial charge in [-0.2, -0.15) is 5.10 Å². The Morgan fingerprint density at radius 3 is 2.71 bits per heavy atom. The van der Waals surface area contributed by atoms with Gasteiger partial charge in [-0.25, -0.2) is 14.4 Å². The van der Waals surface area contributed by atoms with Crippen molar-refractivity contribution in [1.29, 1.82) is 0 Å². The molecule has 0 saturated carbocycles. The summed E-state index contributed by atoms with van der Waals surface area (Å²) >= 11 is 0. The van der Waals surface area contributed by atoms with Crippen molar-refractivity contribution in [3.8, 4) is 0 Å². The van der Waals surface area contributed by atoms with Crippen LogP contribution in [0.25, 0.3) is 10.9 Å². The highest BCUT2D eigenvalue weighted by Gasteiger charge is 2.36. The maximum absolute atomic E-state index is 15.3. The van der Waals surface area contributed by atoms with E-state index in [1.807, 2.05) is 19.9 Å². The van der Waals surface area contributed by atoms with Gasteiger partial charge >= 0.3 is 0 Å². The fraction of sp³-hybridized carbons (Fsp3) is 0.560. The van der Waals surface area contributed by atoms with Crippen LogP contribution in [0.15, 0.2) is 24.5 Å². The molecule has 0 spiro atoms. The van der Waals surface area contributed by atoms with E-state index in [0.717, 1.165) is 59.6 Å². The number of likely N-dealkylation sites (tertiary alicyclic amines) is 1. The highest BCUT2D eigenvalue weighted by atomic mass is 19.1. The molecule has 9 heteroatoms. The lowest BCUT2D eigenvalue weighted by Gasteiger charge is -2.43. The Bertz CT molecular complexity index is 1190. The number of hydrogen-bond donors (Lipinski definition) is 2. The minimum Gasteiger partial charge on any atom is -0.389 e. The first-order valence-electron chi connectivity index (χ1n) is 11.9. The summed E-state index contributed by atoms with van der Waals surface area (Å²) in [5.74, 6) is 0.333. The lowest BCUT2D eigenvalue weighted by atomic mass is 9.84. The number of hydrogen-bond acceptors (Lipinski definition) is 7. The molecule has 2 atom stereocenters. The van der Waals surface area contributed by atoms with Crippen LogP contribution in [0.1, 0.15) is 43.0 Å². The van der Waals surface area contributed by atoms with Gasteiger partial charge in [0.15, 0.2) is 0 Å². The maximum Gasteiger partial charge on any atom is 0.227 e. The number of nitrogens with one attached hydrogen (secondary N) is 1. The van der Waals surface area contributed by atoms with Crippen LogP contribution < -0.4 is 5.32 Å². The van der Waals surface area contributed by atoms with Gasteiger partial charge in [0.2, 0.25) is 5.95 Å². The number of piperidine rings is 1. The van der Waals surface area contributed by atoms with Crippen LogP contribution >= 0.6 is 0 Å². The van der Waals surface area contributed by atoms with Crippen molar-refractivity contribution in [3.63, 3.8) is 0 Å². The molecule has 3 aromatic rings. The van der Waals surface area contributed by atoms with E-state index in [4.69, 9.17) is 9.72 Å². The molecule has 2 aromatic heterocycles. The Kier molecular flexibility index (Phi) is 6.03. The van der Waals surface area contributed by atoms with Crippen LogP contribution in [0.3, 0.4) is 0 Å². The Morgan fingerprint density at radius 2 is 2.03 bits per heavy atom. The summed E-state index contributed by atoms with van der Waals surface area (Å²) in [5.41, 5.74) is 3.71. The third-order valence-electron chi connectivity index (χ3n) is 6.96. The third-order valence-corrected chi connectivity index (χ3v) is 6.96. The van der Waals surface area contributed by atoms with E-state index in [-0.39, 0.29) is 5.92 Å². The zero-order valence-corrected chi connectivity index (χ0v) is 20.3. The Hall–Kier alpha value is -2.62. The molecule has 2 N–H and O–H groups in total. The summed E-state index contributed by atoms with van der Waals surface area (Å²) in [4.78, 5) is 11.4. The topological polar surface area (TPSA) is 88.3 Å². The second-order valence-electron chi connectivity index (χ2n) is 10.3. The smallest absolute Gasteiger partial charge is 0.227 e. The standard InChI is InChI=1S/C25H33FN6O2/c1-15-7-17-9-27-24(30-23-10-28-32(16(23)2)14-25(3,4)33)29-22(17)8-20(15)19-5-6-31(11-21(19)26)18-12-34-13-18/h7-10,18-19,21,33H,5-6,11-14H2,1-4H3,(H,27,29,30)/t19-,21?/m0/s1. The van der Waals surface area contributed by atoms with Gasteiger partial charge in [0.05, 0.1) is 54.5 Å². The predicted octanol–water partition coefficient (Wildman–Crippen LogP) is 3.48. The lowest BCUT2D eigenvalue weighted by Crippen LogP contribution is -2.54. The summed E-state index contributed by atoms with van der Waals surface area (Å²) in [5, 5.41) is 18.6. The zero-order valence-electron chi connectivity index (χ0n) is 20.3. The van der Waals surface area contributed by atoms with E-state index in [0.29, 0.717) is 25.1 Å². The van der Waals surface area contributed by atoms with Gasteiger partial charge < -0.3 is 15.2 Å². The third kappa shape index (κ3) is 4.64. The highest BCUT2D eigenvalue weighted by molar-refractivity contribution is 5.81. The molecule has 2 saturated heterocycles. The fourth-order valence-electron chi connectivity index (χ4n) is 4.93. The molecule has 4 heterocycles. The molecule has 182 valence electrons. The molecule has 1 unspecified atom stereocenters. The summed E-state index contributed by atoms with van der Waals surface area (Å²) < 4.78 is 22.3. The molecule has 8 nitrogen and oxygen atoms in total.